The van der Waals surface area contributed by atoms with Crippen molar-refractivity contribution < 1.29 is 28.7 Å². The number of ketones is 1. The molecular formula is C23H40Br2N4O6. The number of hydrogen-bond acceptors (Lipinski definition) is 6. The summed E-state index contributed by atoms with van der Waals surface area (Å²) in [4.78, 5) is 59.8. The van der Waals surface area contributed by atoms with E-state index < -0.39 is 23.4 Å². The molecule has 0 aliphatic heterocycles. The van der Waals surface area contributed by atoms with Crippen molar-refractivity contribution in [2.24, 2.45) is 17.1 Å². The number of primary amides is 1. The van der Waals surface area contributed by atoms with E-state index in [0.29, 0.717) is 49.3 Å². The van der Waals surface area contributed by atoms with Crippen LogP contribution in [0.25, 0.3) is 0 Å². The largest absolute Gasteiger partial charge is 0.462 e. The molecule has 4 amide bonds. The van der Waals surface area contributed by atoms with Crippen molar-refractivity contribution in [2.75, 3.05) is 23.7 Å². The molecule has 0 spiro atoms. The van der Waals surface area contributed by atoms with E-state index >= 15 is 0 Å². The number of esters is 1. The number of alkyl halides is 2. The second-order valence-corrected chi connectivity index (χ2v) is 10.7. The normalized spacial score (nSPS) is 13.0. The molecule has 202 valence electrons. The minimum Gasteiger partial charge on any atom is -0.462 e. The van der Waals surface area contributed by atoms with Crippen LogP contribution < -0.4 is 21.7 Å². The van der Waals surface area contributed by atoms with Crippen LogP contribution in [0.3, 0.4) is 0 Å². The zero-order valence-corrected chi connectivity index (χ0v) is 24.3. The number of urea groups is 1. The zero-order valence-electron chi connectivity index (χ0n) is 21.1. The first kappa shape index (κ1) is 33.3. The Morgan fingerprint density at radius 2 is 1.54 bits per heavy atom. The highest BCUT2D eigenvalue weighted by atomic mass is 79.9. The molecule has 0 fully saturated rings. The Morgan fingerprint density at radius 1 is 0.914 bits per heavy atom. The van der Waals surface area contributed by atoms with Gasteiger partial charge in [-0.05, 0) is 39.0 Å². The summed E-state index contributed by atoms with van der Waals surface area (Å²) < 4.78 is 5.40. The molecule has 10 nitrogen and oxygen atoms in total. The number of Topliss-reactive ketones (excluding diaryl/α,β-unsaturated/α-hetero) is 1. The Balaban J connectivity index is 4.37. The lowest BCUT2D eigenvalue weighted by Crippen LogP contribution is -2.49. The summed E-state index contributed by atoms with van der Waals surface area (Å²) >= 11 is 6.56. The lowest BCUT2D eigenvalue weighted by molar-refractivity contribution is -0.151. The Bertz CT molecular complexity index is 711. The van der Waals surface area contributed by atoms with Crippen LogP contribution >= 0.6 is 31.9 Å². The number of nitrogens with two attached hydrogens (primary N) is 1. The molecule has 1 unspecified atom stereocenters. The summed E-state index contributed by atoms with van der Waals surface area (Å²) in [5, 5.41) is 8.75. The molecule has 0 aromatic carbocycles. The minimum atomic E-state index is -0.730. The quantitative estimate of drug-likeness (QED) is 0.110. The highest BCUT2D eigenvalue weighted by Crippen LogP contribution is 2.19. The van der Waals surface area contributed by atoms with Gasteiger partial charge >= 0.3 is 12.0 Å². The molecule has 0 aromatic heterocycles. The fourth-order valence-corrected chi connectivity index (χ4v) is 4.66. The van der Waals surface area contributed by atoms with Crippen molar-refractivity contribution in [1.29, 1.82) is 0 Å². The van der Waals surface area contributed by atoms with E-state index in [1.54, 1.807) is 20.8 Å². The zero-order chi connectivity index (χ0) is 27.0. The first-order valence-corrected chi connectivity index (χ1v) is 14.0. The van der Waals surface area contributed by atoms with Crippen molar-refractivity contribution in [2.45, 2.75) is 78.4 Å². The van der Waals surface area contributed by atoms with Crippen molar-refractivity contribution in [1.82, 2.24) is 16.0 Å². The average Bonchev–Trinajstić information content (AvgIpc) is 2.76. The van der Waals surface area contributed by atoms with Crippen LogP contribution in [0, 0.1) is 11.3 Å². The predicted octanol–water partition coefficient (Wildman–Crippen LogP) is 2.55. The van der Waals surface area contributed by atoms with Crippen molar-refractivity contribution in [3.8, 4) is 0 Å². The van der Waals surface area contributed by atoms with Gasteiger partial charge in [-0.1, -0.05) is 52.6 Å². The molecule has 0 aliphatic rings. The van der Waals surface area contributed by atoms with Crippen LogP contribution in [-0.2, 0) is 23.9 Å². The maximum Gasteiger partial charge on any atom is 0.312 e. The van der Waals surface area contributed by atoms with Crippen molar-refractivity contribution in [3.63, 3.8) is 0 Å². The Morgan fingerprint density at radius 3 is 2.09 bits per heavy atom. The van der Waals surface area contributed by atoms with E-state index in [0.717, 1.165) is 0 Å². The third-order valence-corrected chi connectivity index (χ3v) is 6.66. The first-order chi connectivity index (χ1) is 16.3. The monoisotopic (exact) mass is 626 g/mol. The molecule has 0 radical (unpaired) electrons. The summed E-state index contributed by atoms with van der Waals surface area (Å²) in [6, 6.07) is -1.38. The van der Waals surface area contributed by atoms with Gasteiger partial charge in [0.15, 0.2) is 5.78 Å². The summed E-state index contributed by atoms with van der Waals surface area (Å²) in [5.74, 6) is -1.36. The van der Waals surface area contributed by atoms with Gasteiger partial charge in [-0.2, -0.15) is 0 Å². The number of carbonyl (C=O) groups is 5. The summed E-state index contributed by atoms with van der Waals surface area (Å²) in [6.07, 6.45) is 2.72. The van der Waals surface area contributed by atoms with E-state index in [1.807, 2.05) is 6.92 Å². The maximum atomic E-state index is 12.7. The number of amides is 4. The van der Waals surface area contributed by atoms with Gasteiger partial charge in [-0.15, -0.1) is 0 Å². The number of carbonyl (C=O) groups excluding carboxylic acids is 5. The van der Waals surface area contributed by atoms with Crippen LogP contribution in [0.1, 0.15) is 66.2 Å². The predicted molar refractivity (Wildman–Crippen MR) is 141 cm³/mol. The van der Waals surface area contributed by atoms with Crippen molar-refractivity contribution >= 4 is 61.5 Å². The smallest absolute Gasteiger partial charge is 0.312 e. The third kappa shape index (κ3) is 15.8. The molecule has 35 heavy (non-hydrogen) atoms. The number of unbranched alkanes of at least 4 members (excludes halogenated alkanes) is 1. The van der Waals surface area contributed by atoms with Gasteiger partial charge in [0.25, 0.3) is 0 Å². The summed E-state index contributed by atoms with van der Waals surface area (Å²) in [5.41, 5.74) is 4.38. The molecule has 0 aliphatic carbocycles. The van der Waals surface area contributed by atoms with Crippen LogP contribution in [0.5, 0.6) is 0 Å². The van der Waals surface area contributed by atoms with Crippen LogP contribution in [0.4, 0.5) is 4.79 Å². The molecule has 5 N–H and O–H groups in total. The molecule has 0 rings (SSSR count). The number of halogens is 2. The van der Waals surface area contributed by atoms with Crippen LogP contribution in [0.15, 0.2) is 0 Å². The second kappa shape index (κ2) is 17.7. The van der Waals surface area contributed by atoms with E-state index in [4.69, 9.17) is 10.5 Å². The van der Waals surface area contributed by atoms with E-state index in [2.05, 4.69) is 47.8 Å². The van der Waals surface area contributed by atoms with E-state index in [1.165, 1.54) is 0 Å². The Hall–Kier alpha value is -1.69. The molecule has 0 aromatic rings. The molecule has 12 heteroatoms. The highest BCUT2D eigenvalue weighted by molar-refractivity contribution is 9.09. The molecule has 0 heterocycles. The third-order valence-electron chi connectivity index (χ3n) is 5.09. The molecule has 2 atom stereocenters. The van der Waals surface area contributed by atoms with Gasteiger partial charge in [0.2, 0.25) is 11.8 Å². The molecule has 0 bridgehead atoms. The second-order valence-electron chi connectivity index (χ2n) is 9.44. The van der Waals surface area contributed by atoms with Gasteiger partial charge in [0.05, 0.1) is 24.6 Å². The van der Waals surface area contributed by atoms with E-state index in [9.17, 15) is 24.0 Å². The Kier molecular flexibility index (Phi) is 16.8. The molecule has 0 saturated carbocycles. The van der Waals surface area contributed by atoms with Gasteiger partial charge in [0, 0.05) is 29.0 Å². The van der Waals surface area contributed by atoms with Gasteiger partial charge in [-0.3, -0.25) is 19.2 Å². The minimum absolute atomic E-state index is 0.135. The summed E-state index contributed by atoms with van der Waals surface area (Å²) in [7, 11) is 0. The highest BCUT2D eigenvalue weighted by Gasteiger charge is 2.30. The number of ether oxygens (including phenoxy) is 1. The molecular weight excluding hydrogens is 588 g/mol. The number of rotatable bonds is 17. The average molecular weight is 628 g/mol. The van der Waals surface area contributed by atoms with Gasteiger partial charge in [-0.25, -0.2) is 4.79 Å². The summed E-state index contributed by atoms with van der Waals surface area (Å²) in [6.45, 7) is 7.17. The fourth-order valence-electron chi connectivity index (χ4n) is 3.06. The Labute approximate surface area is 224 Å². The topological polar surface area (TPSA) is 157 Å². The SMILES string of the molecule is CC(CCCCC(=O)NCC(=O)N[C@@H](CCCNC(N)=O)C(=O)C(C)(C)C)OC(=O)C(CBr)CBr. The van der Waals surface area contributed by atoms with E-state index in [-0.39, 0.29) is 42.6 Å². The first-order valence-electron chi connectivity index (χ1n) is 11.8. The lowest BCUT2D eigenvalue weighted by atomic mass is 9.85. The van der Waals surface area contributed by atoms with Gasteiger partial charge in [0.1, 0.15) is 0 Å². The maximum absolute atomic E-state index is 12.7. The lowest BCUT2D eigenvalue weighted by Gasteiger charge is -2.25. The fraction of sp³-hybridized carbons (Fsp3) is 0.783. The number of nitrogens with one attached hydrogen (secondary N) is 3. The van der Waals surface area contributed by atoms with Gasteiger partial charge < -0.3 is 26.4 Å². The standard InChI is InChI=1S/C23H40Br2N4O6/c1-15(35-21(33)16(12-24)13-25)8-5-6-10-18(30)28-14-19(31)29-17(20(32)23(2,3)4)9-7-11-27-22(26)34/h15-17H,5-14H2,1-4H3,(H,28,30)(H,29,31)(H3,26,27,34)/t15?,17-/m0/s1. The molecule has 0 saturated heterocycles. The van der Waals surface area contributed by atoms with Crippen LogP contribution in [0.2, 0.25) is 0 Å². The van der Waals surface area contributed by atoms with Crippen LogP contribution in [-0.4, -0.2) is 65.5 Å². The van der Waals surface area contributed by atoms with Crippen molar-refractivity contribution in [3.05, 3.63) is 0 Å². The number of hydrogen-bond donors (Lipinski definition) is 4.